The normalized spacial score (nSPS) is 25.2. The summed E-state index contributed by atoms with van der Waals surface area (Å²) in [6.45, 7) is 4.76. The summed E-state index contributed by atoms with van der Waals surface area (Å²) in [5.74, 6) is 0.790. The topological polar surface area (TPSA) is 0 Å². The highest BCUT2D eigenvalue weighted by molar-refractivity contribution is 9.10. The molecule has 0 nitrogen and oxygen atoms in total. The van der Waals surface area contributed by atoms with Crippen LogP contribution < -0.4 is 0 Å². The maximum absolute atomic E-state index is 3.48. The Hall–Kier alpha value is -0.300. The first-order valence-electron chi connectivity index (χ1n) is 5.32. The number of hydrogen-bond acceptors (Lipinski definition) is 0. The maximum Gasteiger partial charge on any atom is 0.0175 e. The standard InChI is InChI=1S/C13H17Br/c1-13(2)8-7-11(9-13)10-3-5-12(14)6-4-10/h3-6,11H,7-9H2,1-2H3/t11-/m1/s1. The lowest BCUT2D eigenvalue weighted by Crippen LogP contribution is -2.04. The van der Waals surface area contributed by atoms with Crippen molar-refractivity contribution in [2.45, 2.75) is 39.0 Å². The lowest BCUT2D eigenvalue weighted by molar-refractivity contribution is 0.376. The second kappa shape index (κ2) is 3.69. The van der Waals surface area contributed by atoms with Crippen LogP contribution in [0.4, 0.5) is 0 Å². The van der Waals surface area contributed by atoms with Crippen LogP contribution in [0.1, 0.15) is 44.6 Å². The molecule has 14 heavy (non-hydrogen) atoms. The number of halogens is 1. The van der Waals surface area contributed by atoms with E-state index < -0.39 is 0 Å². The van der Waals surface area contributed by atoms with Gasteiger partial charge in [0, 0.05) is 4.47 Å². The van der Waals surface area contributed by atoms with E-state index in [0.29, 0.717) is 5.41 Å². The molecule has 76 valence electrons. The third-order valence-electron chi connectivity index (χ3n) is 3.31. The average Bonchev–Trinajstić information content (AvgIpc) is 2.47. The van der Waals surface area contributed by atoms with Crippen LogP contribution in [0.5, 0.6) is 0 Å². The van der Waals surface area contributed by atoms with Gasteiger partial charge in [0.25, 0.3) is 0 Å². The van der Waals surface area contributed by atoms with E-state index in [1.54, 1.807) is 0 Å². The summed E-state index contributed by atoms with van der Waals surface area (Å²) < 4.78 is 1.18. The van der Waals surface area contributed by atoms with E-state index in [1.165, 1.54) is 29.3 Å². The van der Waals surface area contributed by atoms with Crippen molar-refractivity contribution in [1.29, 1.82) is 0 Å². The van der Waals surface area contributed by atoms with Gasteiger partial charge in [-0.25, -0.2) is 0 Å². The van der Waals surface area contributed by atoms with Gasteiger partial charge >= 0.3 is 0 Å². The van der Waals surface area contributed by atoms with Crippen LogP contribution in [0, 0.1) is 5.41 Å². The van der Waals surface area contributed by atoms with Gasteiger partial charge in [-0.3, -0.25) is 0 Å². The smallest absolute Gasteiger partial charge is 0.0175 e. The molecule has 0 amide bonds. The van der Waals surface area contributed by atoms with Crippen LogP contribution in [0.15, 0.2) is 28.7 Å². The lowest BCUT2D eigenvalue weighted by Gasteiger charge is -2.17. The molecule has 1 aliphatic rings. The van der Waals surface area contributed by atoms with Crippen molar-refractivity contribution in [3.8, 4) is 0 Å². The highest BCUT2D eigenvalue weighted by Crippen LogP contribution is 2.45. The summed E-state index contributed by atoms with van der Waals surface area (Å²) in [6, 6.07) is 8.83. The molecule has 1 aromatic carbocycles. The van der Waals surface area contributed by atoms with Gasteiger partial charge in [0.15, 0.2) is 0 Å². The molecule has 0 saturated heterocycles. The predicted molar refractivity (Wildman–Crippen MR) is 64.5 cm³/mol. The monoisotopic (exact) mass is 252 g/mol. The molecule has 0 heterocycles. The molecular formula is C13H17Br. The van der Waals surface area contributed by atoms with Crippen molar-refractivity contribution >= 4 is 15.9 Å². The van der Waals surface area contributed by atoms with Crippen molar-refractivity contribution in [3.05, 3.63) is 34.3 Å². The fraction of sp³-hybridized carbons (Fsp3) is 0.538. The van der Waals surface area contributed by atoms with Gasteiger partial charge in [0.1, 0.15) is 0 Å². The third kappa shape index (κ3) is 2.20. The van der Waals surface area contributed by atoms with Crippen molar-refractivity contribution in [3.63, 3.8) is 0 Å². The van der Waals surface area contributed by atoms with Gasteiger partial charge in [-0.2, -0.15) is 0 Å². The van der Waals surface area contributed by atoms with Gasteiger partial charge in [-0.1, -0.05) is 41.9 Å². The molecular weight excluding hydrogens is 236 g/mol. The zero-order valence-electron chi connectivity index (χ0n) is 8.89. The Bertz CT molecular complexity index is 311. The number of rotatable bonds is 1. The van der Waals surface area contributed by atoms with Crippen LogP contribution in [-0.4, -0.2) is 0 Å². The Balaban J connectivity index is 2.14. The van der Waals surface area contributed by atoms with E-state index in [2.05, 4.69) is 54.0 Å². The summed E-state index contributed by atoms with van der Waals surface area (Å²) in [4.78, 5) is 0. The van der Waals surface area contributed by atoms with Gasteiger partial charge in [-0.05, 0) is 48.3 Å². The zero-order valence-corrected chi connectivity index (χ0v) is 10.5. The first kappa shape index (κ1) is 10.2. The fourth-order valence-corrected chi connectivity index (χ4v) is 2.72. The lowest BCUT2D eigenvalue weighted by atomic mass is 9.88. The molecule has 1 aromatic rings. The Morgan fingerprint density at radius 2 is 1.86 bits per heavy atom. The SMILES string of the molecule is CC1(C)CC[C@@H](c2ccc(Br)cc2)C1. The molecule has 2 rings (SSSR count). The summed E-state index contributed by atoms with van der Waals surface area (Å²) in [5.41, 5.74) is 2.07. The highest BCUT2D eigenvalue weighted by Gasteiger charge is 2.31. The molecule has 0 bridgehead atoms. The minimum atomic E-state index is 0.553. The first-order chi connectivity index (χ1) is 6.57. The summed E-state index contributed by atoms with van der Waals surface area (Å²) in [7, 11) is 0. The summed E-state index contributed by atoms with van der Waals surface area (Å²) in [5, 5.41) is 0. The Morgan fingerprint density at radius 1 is 1.21 bits per heavy atom. The first-order valence-corrected chi connectivity index (χ1v) is 6.12. The minimum absolute atomic E-state index is 0.553. The van der Waals surface area contributed by atoms with Crippen molar-refractivity contribution < 1.29 is 0 Å². The Labute approximate surface area is 94.8 Å². The molecule has 1 fully saturated rings. The summed E-state index contributed by atoms with van der Waals surface area (Å²) in [6.07, 6.45) is 4.07. The van der Waals surface area contributed by atoms with E-state index in [-0.39, 0.29) is 0 Å². The molecule has 0 radical (unpaired) electrons. The van der Waals surface area contributed by atoms with Crippen LogP contribution in [-0.2, 0) is 0 Å². The maximum atomic E-state index is 3.48. The van der Waals surface area contributed by atoms with Crippen molar-refractivity contribution in [2.75, 3.05) is 0 Å². The second-order valence-corrected chi connectivity index (χ2v) is 6.07. The van der Waals surface area contributed by atoms with Gasteiger partial charge < -0.3 is 0 Å². The summed E-state index contributed by atoms with van der Waals surface area (Å²) >= 11 is 3.48. The fourth-order valence-electron chi connectivity index (χ4n) is 2.46. The highest BCUT2D eigenvalue weighted by atomic mass is 79.9. The van der Waals surface area contributed by atoms with E-state index >= 15 is 0 Å². The molecule has 1 saturated carbocycles. The van der Waals surface area contributed by atoms with Crippen LogP contribution in [0.2, 0.25) is 0 Å². The van der Waals surface area contributed by atoms with E-state index in [1.807, 2.05) is 0 Å². The van der Waals surface area contributed by atoms with Crippen LogP contribution in [0.25, 0.3) is 0 Å². The molecule has 1 aliphatic carbocycles. The minimum Gasteiger partial charge on any atom is -0.0599 e. The largest absolute Gasteiger partial charge is 0.0599 e. The number of benzene rings is 1. The van der Waals surface area contributed by atoms with Gasteiger partial charge in [0.2, 0.25) is 0 Å². The van der Waals surface area contributed by atoms with Gasteiger partial charge in [-0.15, -0.1) is 0 Å². The Kier molecular flexibility index (Phi) is 2.70. The van der Waals surface area contributed by atoms with E-state index in [9.17, 15) is 0 Å². The van der Waals surface area contributed by atoms with Crippen molar-refractivity contribution in [1.82, 2.24) is 0 Å². The van der Waals surface area contributed by atoms with E-state index in [0.717, 1.165) is 5.92 Å². The Morgan fingerprint density at radius 3 is 2.36 bits per heavy atom. The zero-order chi connectivity index (χ0) is 10.2. The quantitative estimate of drug-likeness (QED) is 0.677. The van der Waals surface area contributed by atoms with E-state index in [4.69, 9.17) is 0 Å². The molecule has 1 heteroatoms. The molecule has 0 N–H and O–H groups in total. The predicted octanol–water partition coefficient (Wildman–Crippen LogP) is 4.74. The van der Waals surface area contributed by atoms with Crippen LogP contribution in [0.3, 0.4) is 0 Å². The molecule has 0 aromatic heterocycles. The molecule has 1 atom stereocenters. The average molecular weight is 253 g/mol. The second-order valence-electron chi connectivity index (χ2n) is 5.16. The number of hydrogen-bond donors (Lipinski definition) is 0. The molecule has 0 aliphatic heterocycles. The van der Waals surface area contributed by atoms with Gasteiger partial charge in [0.05, 0.1) is 0 Å². The molecule has 0 unspecified atom stereocenters. The molecule has 0 spiro atoms. The third-order valence-corrected chi connectivity index (χ3v) is 3.84. The van der Waals surface area contributed by atoms with Crippen molar-refractivity contribution in [2.24, 2.45) is 5.41 Å². The van der Waals surface area contributed by atoms with Crippen LogP contribution >= 0.6 is 15.9 Å².